The first-order chi connectivity index (χ1) is 9.85. The van der Waals surface area contributed by atoms with Gasteiger partial charge < -0.3 is 14.8 Å². The summed E-state index contributed by atoms with van der Waals surface area (Å²) >= 11 is 0. The third-order valence-corrected chi connectivity index (χ3v) is 4.23. The molecular formula is C16H24N2O2. The predicted octanol–water partition coefficient (Wildman–Crippen LogP) is 2.24. The highest BCUT2D eigenvalue weighted by molar-refractivity contribution is 5.44. The van der Waals surface area contributed by atoms with E-state index in [1.807, 2.05) is 6.07 Å². The van der Waals surface area contributed by atoms with Gasteiger partial charge in [0.1, 0.15) is 0 Å². The molecule has 0 bridgehead atoms. The zero-order valence-corrected chi connectivity index (χ0v) is 12.2. The highest BCUT2D eigenvalue weighted by Gasteiger charge is 2.20. The molecule has 1 fully saturated rings. The van der Waals surface area contributed by atoms with Crippen LogP contribution in [-0.4, -0.2) is 37.9 Å². The maximum Gasteiger partial charge on any atom is 0.231 e. The molecule has 0 spiro atoms. The van der Waals surface area contributed by atoms with Crippen molar-refractivity contribution in [2.45, 2.75) is 26.3 Å². The highest BCUT2D eigenvalue weighted by atomic mass is 16.7. The molecule has 4 nitrogen and oxygen atoms in total. The summed E-state index contributed by atoms with van der Waals surface area (Å²) in [5, 5.41) is 3.46. The molecule has 0 aliphatic carbocycles. The minimum absolute atomic E-state index is 0.356. The molecule has 1 aromatic carbocycles. The van der Waals surface area contributed by atoms with Gasteiger partial charge in [-0.05, 0) is 62.6 Å². The van der Waals surface area contributed by atoms with E-state index in [1.54, 1.807) is 0 Å². The normalized spacial score (nSPS) is 19.4. The molecule has 0 saturated carbocycles. The van der Waals surface area contributed by atoms with E-state index >= 15 is 0 Å². The Hall–Kier alpha value is -1.26. The fourth-order valence-electron chi connectivity index (χ4n) is 2.99. The Kier molecular flexibility index (Phi) is 4.43. The van der Waals surface area contributed by atoms with Gasteiger partial charge in [-0.3, -0.25) is 4.90 Å². The van der Waals surface area contributed by atoms with Crippen molar-refractivity contribution in [1.82, 2.24) is 10.2 Å². The zero-order chi connectivity index (χ0) is 13.8. The second kappa shape index (κ2) is 6.46. The van der Waals surface area contributed by atoms with Crippen LogP contribution < -0.4 is 14.8 Å². The second-order valence-electron chi connectivity index (χ2n) is 5.71. The van der Waals surface area contributed by atoms with Crippen LogP contribution in [0.2, 0.25) is 0 Å². The number of nitrogens with zero attached hydrogens (tertiary/aromatic N) is 1. The topological polar surface area (TPSA) is 33.7 Å². The number of nitrogens with one attached hydrogen (secondary N) is 1. The third kappa shape index (κ3) is 3.25. The van der Waals surface area contributed by atoms with Gasteiger partial charge in [0.15, 0.2) is 11.5 Å². The van der Waals surface area contributed by atoms with Gasteiger partial charge >= 0.3 is 0 Å². The molecule has 1 saturated heterocycles. The first-order valence-electron chi connectivity index (χ1n) is 7.66. The Morgan fingerprint density at radius 3 is 2.80 bits per heavy atom. The SMILES string of the molecule is CCNCC1CCN(Cc2ccc3c(c2)OCO3)CC1. The molecule has 0 unspecified atom stereocenters. The summed E-state index contributed by atoms with van der Waals surface area (Å²) in [6, 6.07) is 6.29. The van der Waals surface area contributed by atoms with Crippen LogP contribution >= 0.6 is 0 Å². The fourth-order valence-corrected chi connectivity index (χ4v) is 2.99. The van der Waals surface area contributed by atoms with Crippen LogP contribution in [0, 0.1) is 5.92 Å². The van der Waals surface area contributed by atoms with Crippen molar-refractivity contribution in [3.63, 3.8) is 0 Å². The largest absolute Gasteiger partial charge is 0.454 e. The number of benzene rings is 1. The summed E-state index contributed by atoms with van der Waals surface area (Å²) in [6.45, 7) is 8.20. The number of hydrogen-bond acceptors (Lipinski definition) is 4. The minimum Gasteiger partial charge on any atom is -0.454 e. The van der Waals surface area contributed by atoms with Gasteiger partial charge in [0.2, 0.25) is 6.79 Å². The summed E-state index contributed by atoms with van der Waals surface area (Å²) in [7, 11) is 0. The van der Waals surface area contributed by atoms with Crippen LogP contribution in [0.1, 0.15) is 25.3 Å². The average molecular weight is 276 g/mol. The van der Waals surface area contributed by atoms with Crippen molar-refractivity contribution in [3.05, 3.63) is 23.8 Å². The Morgan fingerprint density at radius 1 is 1.20 bits per heavy atom. The quantitative estimate of drug-likeness (QED) is 0.894. The van der Waals surface area contributed by atoms with E-state index < -0.39 is 0 Å². The number of hydrogen-bond donors (Lipinski definition) is 1. The monoisotopic (exact) mass is 276 g/mol. The first kappa shape index (κ1) is 13.7. The molecular weight excluding hydrogens is 252 g/mol. The summed E-state index contributed by atoms with van der Waals surface area (Å²) in [5.74, 6) is 2.62. The van der Waals surface area contributed by atoms with E-state index in [0.717, 1.165) is 30.5 Å². The van der Waals surface area contributed by atoms with Crippen molar-refractivity contribution in [2.75, 3.05) is 33.0 Å². The van der Waals surface area contributed by atoms with Crippen LogP contribution in [0.5, 0.6) is 11.5 Å². The van der Waals surface area contributed by atoms with Crippen molar-refractivity contribution < 1.29 is 9.47 Å². The Balaban J connectivity index is 1.50. The standard InChI is InChI=1S/C16H24N2O2/c1-2-17-10-13-5-7-18(8-6-13)11-14-3-4-15-16(9-14)20-12-19-15/h3-4,9,13,17H,2,5-8,10-12H2,1H3. The molecule has 0 radical (unpaired) electrons. The summed E-state index contributed by atoms with van der Waals surface area (Å²) < 4.78 is 10.8. The number of piperidine rings is 1. The maximum atomic E-state index is 5.44. The molecule has 1 N–H and O–H groups in total. The van der Waals surface area contributed by atoms with Crippen molar-refractivity contribution >= 4 is 0 Å². The molecule has 1 aromatic rings. The number of rotatable bonds is 5. The lowest BCUT2D eigenvalue weighted by Gasteiger charge is -2.32. The molecule has 0 amide bonds. The van der Waals surface area contributed by atoms with Gasteiger partial charge in [0, 0.05) is 6.54 Å². The smallest absolute Gasteiger partial charge is 0.231 e. The predicted molar refractivity (Wildman–Crippen MR) is 79.1 cm³/mol. The molecule has 110 valence electrons. The van der Waals surface area contributed by atoms with E-state index in [9.17, 15) is 0 Å². The lowest BCUT2D eigenvalue weighted by molar-refractivity contribution is 0.172. The fraction of sp³-hybridized carbons (Fsp3) is 0.625. The van der Waals surface area contributed by atoms with Gasteiger partial charge in [-0.15, -0.1) is 0 Å². The summed E-state index contributed by atoms with van der Waals surface area (Å²) in [5.41, 5.74) is 1.32. The van der Waals surface area contributed by atoms with Gasteiger partial charge in [-0.2, -0.15) is 0 Å². The van der Waals surface area contributed by atoms with Crippen LogP contribution in [0.3, 0.4) is 0 Å². The van der Waals surface area contributed by atoms with Gasteiger partial charge in [0.05, 0.1) is 0 Å². The number of likely N-dealkylation sites (tertiary alicyclic amines) is 1. The Morgan fingerprint density at radius 2 is 2.00 bits per heavy atom. The van der Waals surface area contributed by atoms with Crippen LogP contribution in [0.15, 0.2) is 18.2 Å². The number of fused-ring (bicyclic) bond motifs is 1. The van der Waals surface area contributed by atoms with E-state index in [4.69, 9.17) is 9.47 Å². The lowest BCUT2D eigenvalue weighted by atomic mass is 9.96. The van der Waals surface area contributed by atoms with E-state index in [0.29, 0.717) is 6.79 Å². The van der Waals surface area contributed by atoms with E-state index in [-0.39, 0.29) is 0 Å². The minimum atomic E-state index is 0.356. The number of ether oxygens (including phenoxy) is 2. The molecule has 2 aliphatic rings. The lowest BCUT2D eigenvalue weighted by Crippen LogP contribution is -2.36. The molecule has 4 heteroatoms. The maximum absolute atomic E-state index is 5.44. The van der Waals surface area contributed by atoms with Gasteiger partial charge in [-0.1, -0.05) is 13.0 Å². The van der Waals surface area contributed by atoms with Crippen molar-refractivity contribution in [2.24, 2.45) is 5.92 Å². The molecule has 0 aromatic heterocycles. The van der Waals surface area contributed by atoms with Crippen LogP contribution in [0.4, 0.5) is 0 Å². The van der Waals surface area contributed by atoms with Crippen molar-refractivity contribution in [1.29, 1.82) is 0 Å². The highest BCUT2D eigenvalue weighted by Crippen LogP contribution is 2.33. The Labute approximate surface area is 121 Å². The van der Waals surface area contributed by atoms with Gasteiger partial charge in [0.25, 0.3) is 0 Å². The van der Waals surface area contributed by atoms with Crippen molar-refractivity contribution in [3.8, 4) is 11.5 Å². The molecule has 2 heterocycles. The van der Waals surface area contributed by atoms with E-state index in [1.165, 1.54) is 38.0 Å². The third-order valence-electron chi connectivity index (χ3n) is 4.23. The van der Waals surface area contributed by atoms with Gasteiger partial charge in [-0.25, -0.2) is 0 Å². The first-order valence-corrected chi connectivity index (χ1v) is 7.66. The van der Waals surface area contributed by atoms with Crippen LogP contribution in [0.25, 0.3) is 0 Å². The summed E-state index contributed by atoms with van der Waals surface area (Å²) in [6.07, 6.45) is 2.61. The van der Waals surface area contributed by atoms with Crippen LogP contribution in [-0.2, 0) is 6.54 Å². The molecule has 0 atom stereocenters. The van der Waals surface area contributed by atoms with E-state index in [2.05, 4.69) is 29.3 Å². The second-order valence-corrected chi connectivity index (χ2v) is 5.71. The molecule has 3 rings (SSSR count). The Bertz CT molecular complexity index is 442. The summed E-state index contributed by atoms with van der Waals surface area (Å²) in [4.78, 5) is 2.54. The zero-order valence-electron chi connectivity index (χ0n) is 12.2. The average Bonchev–Trinajstić information content (AvgIpc) is 2.94. The molecule has 2 aliphatic heterocycles. The molecule has 20 heavy (non-hydrogen) atoms.